The molecule has 1 fully saturated rings. The van der Waals surface area contributed by atoms with Crippen LogP contribution in [0.3, 0.4) is 0 Å². The van der Waals surface area contributed by atoms with Crippen molar-refractivity contribution in [1.29, 1.82) is 0 Å². The number of likely N-dealkylation sites (tertiary alicyclic amines) is 1. The van der Waals surface area contributed by atoms with Crippen LogP contribution in [0.25, 0.3) is 0 Å². The zero-order chi connectivity index (χ0) is 15.6. The van der Waals surface area contributed by atoms with Crippen molar-refractivity contribution in [3.63, 3.8) is 0 Å². The van der Waals surface area contributed by atoms with Gasteiger partial charge in [-0.25, -0.2) is 4.98 Å². The first-order valence-corrected chi connectivity index (χ1v) is 7.05. The number of carbonyl (C=O) groups excluding carboxylic acids is 1. The number of pyridine rings is 1. The number of piperidine rings is 1. The summed E-state index contributed by atoms with van der Waals surface area (Å²) in [7, 11) is 2.03. The van der Waals surface area contributed by atoms with Crippen molar-refractivity contribution in [3.8, 4) is 0 Å². The zero-order valence-electron chi connectivity index (χ0n) is 11.9. The Hall–Kier alpha value is -1.73. The SMILES string of the molecule is CC1CN(C)CCC1NC(=O)c1cc(Cl)ncc1[N+](=O)[O-]. The van der Waals surface area contributed by atoms with Gasteiger partial charge in [-0.2, -0.15) is 0 Å². The fraction of sp³-hybridized carbons (Fsp3) is 0.538. The number of aromatic nitrogens is 1. The number of halogens is 1. The van der Waals surface area contributed by atoms with Gasteiger partial charge in [-0.05, 0) is 32.0 Å². The second-order valence-electron chi connectivity index (χ2n) is 5.39. The average Bonchev–Trinajstić information content (AvgIpc) is 2.41. The maximum Gasteiger partial charge on any atom is 0.300 e. The van der Waals surface area contributed by atoms with Crippen molar-refractivity contribution < 1.29 is 9.72 Å². The Labute approximate surface area is 127 Å². The van der Waals surface area contributed by atoms with Gasteiger partial charge in [-0.3, -0.25) is 14.9 Å². The van der Waals surface area contributed by atoms with Crippen molar-refractivity contribution in [3.05, 3.63) is 33.1 Å². The first-order chi connectivity index (χ1) is 9.88. The van der Waals surface area contributed by atoms with E-state index in [1.165, 1.54) is 6.07 Å². The van der Waals surface area contributed by atoms with Crippen LogP contribution in [0.4, 0.5) is 5.69 Å². The van der Waals surface area contributed by atoms with Crippen LogP contribution < -0.4 is 5.32 Å². The van der Waals surface area contributed by atoms with E-state index in [2.05, 4.69) is 22.1 Å². The van der Waals surface area contributed by atoms with Gasteiger partial charge in [0.1, 0.15) is 16.9 Å². The highest BCUT2D eigenvalue weighted by atomic mass is 35.5. The molecule has 21 heavy (non-hydrogen) atoms. The lowest BCUT2D eigenvalue weighted by Gasteiger charge is -2.35. The molecule has 1 amide bonds. The third-order valence-corrected chi connectivity index (χ3v) is 3.92. The standard InChI is InChI=1S/C13H17ClN4O3/c1-8-7-17(2)4-3-10(8)16-13(19)9-5-12(14)15-6-11(9)18(20)21/h5-6,8,10H,3-4,7H2,1-2H3,(H,16,19). The fourth-order valence-corrected chi connectivity index (χ4v) is 2.72. The molecule has 0 spiro atoms. The molecular formula is C13H17ClN4O3. The summed E-state index contributed by atoms with van der Waals surface area (Å²) in [5.74, 6) is -0.198. The highest BCUT2D eigenvalue weighted by molar-refractivity contribution is 6.29. The highest BCUT2D eigenvalue weighted by Gasteiger charge is 2.28. The second kappa shape index (κ2) is 6.36. The molecule has 114 valence electrons. The molecule has 2 rings (SSSR count). The summed E-state index contributed by atoms with van der Waals surface area (Å²) in [6.45, 7) is 3.81. The molecule has 8 heteroatoms. The number of amides is 1. The molecule has 1 aromatic rings. The number of nitrogens with one attached hydrogen (secondary N) is 1. The van der Waals surface area contributed by atoms with E-state index < -0.39 is 10.8 Å². The number of carbonyl (C=O) groups is 1. The number of hydrogen-bond donors (Lipinski definition) is 1. The maximum atomic E-state index is 12.3. The van der Waals surface area contributed by atoms with Crippen LogP contribution in [0.2, 0.25) is 5.15 Å². The molecule has 2 atom stereocenters. The van der Waals surface area contributed by atoms with Gasteiger partial charge in [0.25, 0.3) is 11.6 Å². The van der Waals surface area contributed by atoms with Gasteiger partial charge in [0.15, 0.2) is 0 Å². The summed E-state index contributed by atoms with van der Waals surface area (Å²) >= 11 is 5.74. The minimum atomic E-state index is -0.629. The zero-order valence-corrected chi connectivity index (χ0v) is 12.6. The molecule has 1 aromatic heterocycles. The van der Waals surface area contributed by atoms with Gasteiger partial charge in [0, 0.05) is 12.6 Å². The molecule has 1 aliphatic rings. The van der Waals surface area contributed by atoms with Crippen LogP contribution in [0.5, 0.6) is 0 Å². The van der Waals surface area contributed by atoms with E-state index in [4.69, 9.17) is 11.6 Å². The maximum absolute atomic E-state index is 12.3. The predicted octanol–water partition coefficient (Wildman–Crippen LogP) is 1.71. The molecule has 1 N–H and O–H groups in total. The molecule has 2 heterocycles. The van der Waals surface area contributed by atoms with E-state index in [-0.39, 0.29) is 28.4 Å². The van der Waals surface area contributed by atoms with Crippen molar-refractivity contribution in [2.45, 2.75) is 19.4 Å². The topological polar surface area (TPSA) is 88.4 Å². The number of hydrogen-bond acceptors (Lipinski definition) is 5. The Morgan fingerprint density at radius 3 is 2.95 bits per heavy atom. The third-order valence-electron chi connectivity index (χ3n) is 3.72. The fourth-order valence-electron chi connectivity index (χ4n) is 2.56. The largest absolute Gasteiger partial charge is 0.349 e. The lowest BCUT2D eigenvalue weighted by atomic mass is 9.94. The van der Waals surface area contributed by atoms with Crippen LogP contribution in [0, 0.1) is 16.0 Å². The van der Waals surface area contributed by atoms with Gasteiger partial charge < -0.3 is 10.2 Å². The van der Waals surface area contributed by atoms with E-state index in [0.717, 1.165) is 25.7 Å². The highest BCUT2D eigenvalue weighted by Crippen LogP contribution is 2.22. The number of nitro groups is 1. The minimum absolute atomic E-state index is 0.000227. The molecular weight excluding hydrogens is 296 g/mol. The predicted molar refractivity (Wildman–Crippen MR) is 78.4 cm³/mol. The molecule has 0 bridgehead atoms. The third kappa shape index (κ3) is 3.68. The monoisotopic (exact) mass is 312 g/mol. The van der Waals surface area contributed by atoms with Crippen LogP contribution >= 0.6 is 11.6 Å². The molecule has 0 aliphatic carbocycles. The Morgan fingerprint density at radius 1 is 1.62 bits per heavy atom. The lowest BCUT2D eigenvalue weighted by molar-refractivity contribution is -0.385. The lowest BCUT2D eigenvalue weighted by Crippen LogP contribution is -2.48. The number of nitrogens with zero attached hydrogens (tertiary/aromatic N) is 3. The Balaban J connectivity index is 2.17. The van der Waals surface area contributed by atoms with Gasteiger partial charge in [0.2, 0.25) is 0 Å². The first kappa shape index (κ1) is 15.7. The quantitative estimate of drug-likeness (QED) is 0.521. The van der Waals surface area contributed by atoms with Crippen LogP contribution in [0.1, 0.15) is 23.7 Å². The Bertz CT molecular complexity index is 566. The summed E-state index contributed by atoms with van der Waals surface area (Å²) in [5.41, 5.74) is -0.386. The van der Waals surface area contributed by atoms with Gasteiger partial charge in [-0.1, -0.05) is 18.5 Å². The van der Waals surface area contributed by atoms with Crippen LogP contribution in [-0.2, 0) is 0 Å². The summed E-state index contributed by atoms with van der Waals surface area (Å²) in [6.07, 6.45) is 1.82. The van der Waals surface area contributed by atoms with Crippen molar-refractivity contribution in [2.24, 2.45) is 5.92 Å². The van der Waals surface area contributed by atoms with E-state index in [1.807, 2.05) is 7.05 Å². The Kier molecular flexibility index (Phi) is 4.74. The molecule has 0 aromatic carbocycles. The number of rotatable bonds is 3. The van der Waals surface area contributed by atoms with Crippen LogP contribution in [-0.4, -0.2) is 46.9 Å². The van der Waals surface area contributed by atoms with E-state index >= 15 is 0 Å². The smallest absolute Gasteiger partial charge is 0.300 e. The van der Waals surface area contributed by atoms with Gasteiger partial charge in [0.05, 0.1) is 4.92 Å². The molecule has 7 nitrogen and oxygen atoms in total. The molecule has 1 saturated heterocycles. The van der Waals surface area contributed by atoms with E-state index in [9.17, 15) is 14.9 Å². The summed E-state index contributed by atoms with van der Waals surface area (Å²) in [4.78, 5) is 28.5. The normalized spacial score (nSPS) is 22.8. The Morgan fingerprint density at radius 2 is 2.33 bits per heavy atom. The van der Waals surface area contributed by atoms with E-state index in [1.54, 1.807) is 0 Å². The second-order valence-corrected chi connectivity index (χ2v) is 5.78. The molecule has 0 saturated carbocycles. The summed E-state index contributed by atoms with van der Waals surface area (Å²) in [6, 6.07) is 1.23. The molecule has 0 radical (unpaired) electrons. The average molecular weight is 313 g/mol. The van der Waals surface area contributed by atoms with Gasteiger partial charge in [-0.15, -0.1) is 0 Å². The van der Waals surface area contributed by atoms with Crippen molar-refractivity contribution in [1.82, 2.24) is 15.2 Å². The summed E-state index contributed by atoms with van der Waals surface area (Å²) < 4.78 is 0. The minimum Gasteiger partial charge on any atom is -0.349 e. The van der Waals surface area contributed by atoms with Crippen molar-refractivity contribution >= 4 is 23.2 Å². The first-order valence-electron chi connectivity index (χ1n) is 6.68. The van der Waals surface area contributed by atoms with E-state index in [0.29, 0.717) is 0 Å². The van der Waals surface area contributed by atoms with Crippen LogP contribution in [0.15, 0.2) is 12.3 Å². The van der Waals surface area contributed by atoms with Crippen molar-refractivity contribution in [2.75, 3.05) is 20.1 Å². The molecule has 2 unspecified atom stereocenters. The van der Waals surface area contributed by atoms with Gasteiger partial charge >= 0.3 is 0 Å². The molecule has 1 aliphatic heterocycles. The summed E-state index contributed by atoms with van der Waals surface area (Å²) in [5, 5.41) is 13.9.